The molecule has 0 aliphatic rings. The maximum absolute atomic E-state index is 12.0. The third-order valence-corrected chi connectivity index (χ3v) is 3.95. The van der Waals surface area contributed by atoms with Crippen LogP contribution in [0.2, 0.25) is 0 Å². The van der Waals surface area contributed by atoms with E-state index in [1.54, 1.807) is 0 Å². The standard InChI is InChI=1S/C14H14N2O4S/c1-21(19,20)11-5-2-9(3-6-11)16-14(18)12-8-10(17)4-7-13(12)15/h2-8,17H,15H2,1H3,(H,16,18). The molecule has 0 bridgehead atoms. The number of hydrogen-bond donors (Lipinski definition) is 3. The number of nitrogens with one attached hydrogen (secondary N) is 1. The van der Waals surface area contributed by atoms with Crippen molar-refractivity contribution in [2.45, 2.75) is 4.90 Å². The molecule has 21 heavy (non-hydrogen) atoms. The van der Waals surface area contributed by atoms with Crippen LogP contribution in [0.4, 0.5) is 11.4 Å². The molecule has 0 heterocycles. The largest absolute Gasteiger partial charge is 0.508 e. The predicted molar refractivity (Wildman–Crippen MR) is 80.0 cm³/mol. The van der Waals surface area contributed by atoms with E-state index in [0.29, 0.717) is 5.69 Å². The highest BCUT2D eigenvalue weighted by molar-refractivity contribution is 7.90. The third-order valence-electron chi connectivity index (χ3n) is 2.82. The van der Waals surface area contributed by atoms with Gasteiger partial charge in [-0.05, 0) is 42.5 Å². The fraction of sp³-hybridized carbons (Fsp3) is 0.0714. The van der Waals surface area contributed by atoms with E-state index in [1.165, 1.54) is 42.5 Å². The average Bonchev–Trinajstić information content (AvgIpc) is 2.41. The Balaban J connectivity index is 2.22. The minimum absolute atomic E-state index is 0.0678. The number of anilines is 2. The zero-order chi connectivity index (χ0) is 15.6. The number of carbonyl (C=O) groups is 1. The van der Waals surface area contributed by atoms with Gasteiger partial charge < -0.3 is 16.2 Å². The summed E-state index contributed by atoms with van der Waals surface area (Å²) < 4.78 is 22.7. The van der Waals surface area contributed by atoms with Gasteiger partial charge >= 0.3 is 0 Å². The van der Waals surface area contributed by atoms with Crippen LogP contribution in [0.25, 0.3) is 0 Å². The summed E-state index contributed by atoms with van der Waals surface area (Å²) in [6.45, 7) is 0. The van der Waals surface area contributed by atoms with Crippen molar-refractivity contribution in [2.24, 2.45) is 0 Å². The Morgan fingerprint density at radius 1 is 1.14 bits per heavy atom. The second-order valence-electron chi connectivity index (χ2n) is 4.52. The van der Waals surface area contributed by atoms with Gasteiger partial charge in [0.2, 0.25) is 0 Å². The van der Waals surface area contributed by atoms with Gasteiger partial charge in [0.05, 0.1) is 10.5 Å². The van der Waals surface area contributed by atoms with Crippen LogP contribution in [0.5, 0.6) is 5.75 Å². The molecule has 1 amide bonds. The highest BCUT2D eigenvalue weighted by atomic mass is 32.2. The van der Waals surface area contributed by atoms with Crippen molar-refractivity contribution in [2.75, 3.05) is 17.3 Å². The van der Waals surface area contributed by atoms with E-state index in [0.717, 1.165) is 6.26 Å². The SMILES string of the molecule is CS(=O)(=O)c1ccc(NC(=O)c2cc(O)ccc2N)cc1. The van der Waals surface area contributed by atoms with E-state index in [4.69, 9.17) is 5.73 Å². The van der Waals surface area contributed by atoms with Gasteiger partial charge in [-0.15, -0.1) is 0 Å². The van der Waals surface area contributed by atoms with E-state index in [-0.39, 0.29) is 21.9 Å². The lowest BCUT2D eigenvalue weighted by atomic mass is 10.1. The summed E-state index contributed by atoms with van der Waals surface area (Å²) >= 11 is 0. The number of rotatable bonds is 3. The van der Waals surface area contributed by atoms with E-state index >= 15 is 0 Å². The molecule has 6 nitrogen and oxygen atoms in total. The van der Waals surface area contributed by atoms with Crippen LogP contribution < -0.4 is 11.1 Å². The minimum atomic E-state index is -3.28. The molecule has 4 N–H and O–H groups in total. The van der Waals surface area contributed by atoms with Gasteiger partial charge in [0, 0.05) is 17.6 Å². The third kappa shape index (κ3) is 3.51. The molecule has 2 aromatic rings. The van der Waals surface area contributed by atoms with E-state index in [2.05, 4.69) is 5.32 Å². The molecule has 0 radical (unpaired) electrons. The number of nitrogen functional groups attached to an aromatic ring is 1. The number of aromatic hydroxyl groups is 1. The summed E-state index contributed by atoms with van der Waals surface area (Å²) in [6, 6.07) is 9.83. The number of carbonyl (C=O) groups excluding carboxylic acids is 1. The molecule has 0 fully saturated rings. The fourth-order valence-electron chi connectivity index (χ4n) is 1.72. The van der Waals surface area contributed by atoms with Crippen LogP contribution in [0.15, 0.2) is 47.4 Å². The molecule has 7 heteroatoms. The topological polar surface area (TPSA) is 109 Å². The maximum atomic E-state index is 12.0. The van der Waals surface area contributed by atoms with Gasteiger partial charge in [-0.2, -0.15) is 0 Å². The Morgan fingerprint density at radius 3 is 2.33 bits per heavy atom. The van der Waals surface area contributed by atoms with Crippen LogP contribution in [-0.2, 0) is 9.84 Å². The minimum Gasteiger partial charge on any atom is -0.508 e. The molecule has 0 spiro atoms. The average molecular weight is 306 g/mol. The van der Waals surface area contributed by atoms with Crippen molar-refractivity contribution in [3.63, 3.8) is 0 Å². The van der Waals surface area contributed by atoms with Crippen molar-refractivity contribution in [1.82, 2.24) is 0 Å². The van der Waals surface area contributed by atoms with Crippen LogP contribution in [0.3, 0.4) is 0 Å². The molecule has 110 valence electrons. The summed E-state index contributed by atoms with van der Waals surface area (Å²) in [5.41, 5.74) is 6.48. The van der Waals surface area contributed by atoms with Gasteiger partial charge in [0.1, 0.15) is 5.75 Å². The smallest absolute Gasteiger partial charge is 0.257 e. The first-order valence-electron chi connectivity index (χ1n) is 5.97. The van der Waals surface area contributed by atoms with Crippen LogP contribution in [0, 0.1) is 0 Å². The number of amides is 1. The van der Waals surface area contributed by atoms with Gasteiger partial charge in [0.25, 0.3) is 5.91 Å². The zero-order valence-corrected chi connectivity index (χ0v) is 12.0. The fourth-order valence-corrected chi connectivity index (χ4v) is 2.36. The van der Waals surface area contributed by atoms with Crippen LogP contribution >= 0.6 is 0 Å². The van der Waals surface area contributed by atoms with Crippen LogP contribution in [0.1, 0.15) is 10.4 Å². The maximum Gasteiger partial charge on any atom is 0.257 e. The zero-order valence-electron chi connectivity index (χ0n) is 11.2. The van der Waals surface area contributed by atoms with Crippen molar-refractivity contribution in [3.8, 4) is 5.75 Å². The first-order valence-corrected chi connectivity index (χ1v) is 7.86. The van der Waals surface area contributed by atoms with E-state index in [1.807, 2.05) is 0 Å². The highest BCUT2D eigenvalue weighted by Crippen LogP contribution is 2.20. The molecule has 2 rings (SSSR count). The lowest BCUT2D eigenvalue weighted by molar-refractivity contribution is 0.102. The Bertz CT molecular complexity index is 783. The normalized spacial score (nSPS) is 11.1. The van der Waals surface area contributed by atoms with Gasteiger partial charge in [-0.1, -0.05) is 0 Å². The summed E-state index contributed by atoms with van der Waals surface area (Å²) in [4.78, 5) is 12.2. The Morgan fingerprint density at radius 2 is 1.76 bits per heavy atom. The first kappa shape index (κ1) is 14.9. The highest BCUT2D eigenvalue weighted by Gasteiger charge is 2.12. The Hall–Kier alpha value is -2.54. The van der Waals surface area contributed by atoms with E-state index < -0.39 is 15.7 Å². The van der Waals surface area contributed by atoms with Crippen LogP contribution in [-0.4, -0.2) is 25.7 Å². The Labute approximate surface area is 122 Å². The van der Waals surface area contributed by atoms with Gasteiger partial charge in [-0.25, -0.2) is 8.42 Å². The van der Waals surface area contributed by atoms with Gasteiger partial charge in [0.15, 0.2) is 9.84 Å². The number of benzene rings is 2. The number of sulfone groups is 1. The molecule has 0 atom stereocenters. The number of hydrogen-bond acceptors (Lipinski definition) is 5. The van der Waals surface area contributed by atoms with Crippen molar-refractivity contribution < 1.29 is 18.3 Å². The molecule has 0 saturated heterocycles. The summed E-state index contributed by atoms with van der Waals surface area (Å²) in [5.74, 6) is -0.558. The lowest BCUT2D eigenvalue weighted by Crippen LogP contribution is -2.14. The number of phenolic OH excluding ortho intramolecular Hbond substituents is 1. The van der Waals surface area contributed by atoms with Crippen molar-refractivity contribution in [3.05, 3.63) is 48.0 Å². The molecular weight excluding hydrogens is 292 g/mol. The molecular formula is C14H14N2O4S. The van der Waals surface area contributed by atoms with Gasteiger partial charge in [-0.3, -0.25) is 4.79 Å². The molecule has 0 saturated carbocycles. The summed E-state index contributed by atoms with van der Waals surface area (Å²) in [6.07, 6.45) is 1.11. The Kier molecular flexibility index (Phi) is 3.86. The summed E-state index contributed by atoms with van der Waals surface area (Å²) in [7, 11) is -3.28. The quantitative estimate of drug-likeness (QED) is 0.590. The van der Waals surface area contributed by atoms with Crippen molar-refractivity contribution in [1.29, 1.82) is 0 Å². The molecule has 0 aliphatic heterocycles. The molecule has 0 aliphatic carbocycles. The second-order valence-corrected chi connectivity index (χ2v) is 6.54. The van der Waals surface area contributed by atoms with E-state index in [9.17, 15) is 18.3 Å². The summed E-state index contributed by atoms with van der Waals surface area (Å²) in [5, 5.41) is 12.0. The molecule has 0 unspecified atom stereocenters. The number of phenols is 1. The predicted octanol–water partition coefficient (Wildman–Crippen LogP) is 1.63. The number of nitrogens with two attached hydrogens (primary N) is 1. The lowest BCUT2D eigenvalue weighted by Gasteiger charge is -2.08. The van der Waals surface area contributed by atoms with Crippen molar-refractivity contribution >= 4 is 27.1 Å². The second kappa shape index (κ2) is 5.45. The monoisotopic (exact) mass is 306 g/mol. The first-order chi connectivity index (χ1) is 9.77. The molecule has 2 aromatic carbocycles. The molecule has 0 aromatic heterocycles.